The molecule has 3 amide bonds. The number of anilines is 1. The van der Waals surface area contributed by atoms with Crippen LogP contribution in [0.15, 0.2) is 59.2 Å². The van der Waals surface area contributed by atoms with Gasteiger partial charge in [-0.15, -0.1) is 0 Å². The van der Waals surface area contributed by atoms with Gasteiger partial charge in [0.05, 0.1) is 27.6 Å². The van der Waals surface area contributed by atoms with Gasteiger partial charge in [0, 0.05) is 16.8 Å². The van der Waals surface area contributed by atoms with E-state index in [1.165, 1.54) is 57.9 Å². The highest BCUT2D eigenvalue weighted by Gasteiger charge is 2.18. The van der Waals surface area contributed by atoms with Crippen molar-refractivity contribution in [3.63, 3.8) is 0 Å². The Morgan fingerprint density at radius 3 is 2.03 bits per heavy atom. The number of amides is 3. The highest BCUT2D eigenvalue weighted by Crippen LogP contribution is 2.38. The number of carbonyl (C=O) groups is 3. The SMILES string of the molecule is COc1cc(C(=O)Nc2cccc(C(=O)NNC(=O)c3ccco3)c2)cc(OC)c1OC. The van der Waals surface area contributed by atoms with Gasteiger partial charge < -0.3 is 23.9 Å². The molecule has 10 heteroatoms. The first kappa shape index (κ1) is 22.2. The number of rotatable bonds is 7. The topological polar surface area (TPSA) is 128 Å². The van der Waals surface area contributed by atoms with Crippen molar-refractivity contribution in [2.24, 2.45) is 0 Å². The molecule has 1 heterocycles. The molecule has 0 saturated heterocycles. The first-order chi connectivity index (χ1) is 15.5. The largest absolute Gasteiger partial charge is 0.493 e. The van der Waals surface area contributed by atoms with E-state index in [0.29, 0.717) is 22.9 Å². The number of furan rings is 1. The quantitative estimate of drug-likeness (QED) is 0.483. The number of benzene rings is 2. The summed E-state index contributed by atoms with van der Waals surface area (Å²) < 4.78 is 20.7. The molecule has 0 fully saturated rings. The number of carbonyl (C=O) groups excluding carboxylic acids is 3. The fraction of sp³-hybridized carbons (Fsp3) is 0.136. The van der Waals surface area contributed by atoms with Crippen LogP contribution >= 0.6 is 0 Å². The van der Waals surface area contributed by atoms with Gasteiger partial charge in [0.2, 0.25) is 5.75 Å². The third-order valence-electron chi connectivity index (χ3n) is 4.34. The Hall–Kier alpha value is -4.47. The predicted molar refractivity (Wildman–Crippen MR) is 114 cm³/mol. The molecule has 0 bridgehead atoms. The molecule has 2 aromatic carbocycles. The summed E-state index contributed by atoms with van der Waals surface area (Å²) in [6, 6.07) is 12.2. The van der Waals surface area contributed by atoms with E-state index < -0.39 is 17.7 Å². The molecule has 3 aromatic rings. The normalized spacial score (nSPS) is 10.1. The summed E-state index contributed by atoms with van der Waals surface area (Å²) in [6.07, 6.45) is 1.34. The Balaban J connectivity index is 1.71. The van der Waals surface area contributed by atoms with Crippen molar-refractivity contribution in [2.45, 2.75) is 0 Å². The minimum absolute atomic E-state index is 0.0525. The van der Waals surface area contributed by atoms with Crippen molar-refractivity contribution in [2.75, 3.05) is 26.6 Å². The second-order valence-corrected chi connectivity index (χ2v) is 6.33. The molecule has 1 aromatic heterocycles. The molecule has 3 rings (SSSR count). The molecule has 0 saturated carbocycles. The van der Waals surface area contributed by atoms with E-state index in [0.717, 1.165) is 0 Å². The Morgan fingerprint density at radius 2 is 1.44 bits per heavy atom. The molecule has 3 N–H and O–H groups in total. The fourth-order valence-electron chi connectivity index (χ4n) is 2.81. The van der Waals surface area contributed by atoms with E-state index >= 15 is 0 Å². The smallest absolute Gasteiger partial charge is 0.305 e. The Kier molecular flexibility index (Phi) is 6.96. The maximum atomic E-state index is 12.7. The Labute approximate surface area is 183 Å². The highest BCUT2D eigenvalue weighted by molar-refractivity contribution is 6.06. The van der Waals surface area contributed by atoms with Crippen molar-refractivity contribution in [3.8, 4) is 17.2 Å². The van der Waals surface area contributed by atoms with Gasteiger partial charge in [-0.05, 0) is 42.5 Å². The zero-order chi connectivity index (χ0) is 23.1. The Morgan fingerprint density at radius 1 is 0.750 bits per heavy atom. The lowest BCUT2D eigenvalue weighted by molar-refractivity contribution is 0.0831. The molecule has 0 unspecified atom stereocenters. The van der Waals surface area contributed by atoms with Gasteiger partial charge in [0.1, 0.15) is 0 Å². The number of nitrogens with one attached hydrogen (secondary N) is 3. The van der Waals surface area contributed by atoms with Gasteiger partial charge in [-0.1, -0.05) is 6.07 Å². The van der Waals surface area contributed by atoms with Gasteiger partial charge in [0.25, 0.3) is 11.8 Å². The van der Waals surface area contributed by atoms with Gasteiger partial charge in [-0.2, -0.15) is 0 Å². The van der Waals surface area contributed by atoms with E-state index in [9.17, 15) is 14.4 Å². The number of ether oxygens (including phenoxy) is 3. The summed E-state index contributed by atoms with van der Waals surface area (Å²) in [5.74, 6) is -0.551. The lowest BCUT2D eigenvalue weighted by Gasteiger charge is -2.14. The average Bonchev–Trinajstić information content (AvgIpc) is 3.36. The van der Waals surface area contributed by atoms with Crippen molar-refractivity contribution in [1.29, 1.82) is 0 Å². The third kappa shape index (κ3) is 4.98. The van der Waals surface area contributed by atoms with E-state index in [2.05, 4.69) is 16.2 Å². The summed E-state index contributed by atoms with van der Waals surface area (Å²) in [6.45, 7) is 0. The van der Waals surface area contributed by atoms with Crippen LogP contribution in [0.2, 0.25) is 0 Å². The monoisotopic (exact) mass is 439 g/mol. The van der Waals surface area contributed by atoms with Crippen LogP contribution in [0.3, 0.4) is 0 Å². The number of hydrogen-bond donors (Lipinski definition) is 3. The standard InChI is InChI=1S/C22H21N3O7/c1-29-17-11-14(12-18(30-2)19(17)31-3)20(26)23-15-7-4-6-13(10-15)21(27)24-25-22(28)16-8-5-9-32-16/h4-12H,1-3H3,(H,23,26)(H,24,27)(H,25,28). The molecule has 32 heavy (non-hydrogen) atoms. The van der Waals surface area contributed by atoms with Gasteiger partial charge >= 0.3 is 5.91 Å². The van der Waals surface area contributed by atoms with Gasteiger partial charge in [0.15, 0.2) is 17.3 Å². The minimum atomic E-state index is -0.602. The summed E-state index contributed by atoms with van der Waals surface area (Å²) in [5.41, 5.74) is 5.38. The zero-order valence-corrected chi connectivity index (χ0v) is 17.6. The van der Waals surface area contributed by atoms with Crippen LogP contribution in [0.1, 0.15) is 31.3 Å². The highest BCUT2D eigenvalue weighted by atomic mass is 16.5. The molecule has 0 atom stereocenters. The average molecular weight is 439 g/mol. The first-order valence-electron chi connectivity index (χ1n) is 9.32. The summed E-state index contributed by atoms with van der Waals surface area (Å²) >= 11 is 0. The second-order valence-electron chi connectivity index (χ2n) is 6.33. The lowest BCUT2D eigenvalue weighted by Crippen LogP contribution is -2.41. The molecule has 0 aliphatic carbocycles. The molecule has 0 aliphatic heterocycles. The van der Waals surface area contributed by atoms with Crippen LogP contribution < -0.4 is 30.4 Å². The van der Waals surface area contributed by atoms with Crippen LogP contribution in [0, 0.1) is 0 Å². The molecule has 0 radical (unpaired) electrons. The van der Waals surface area contributed by atoms with Crippen LogP contribution in [-0.4, -0.2) is 39.1 Å². The van der Waals surface area contributed by atoms with Gasteiger partial charge in [-0.25, -0.2) is 0 Å². The van der Waals surface area contributed by atoms with E-state index in [1.54, 1.807) is 18.2 Å². The second kappa shape index (κ2) is 10.0. The van der Waals surface area contributed by atoms with E-state index in [1.807, 2.05) is 0 Å². The maximum absolute atomic E-state index is 12.7. The van der Waals surface area contributed by atoms with Crippen LogP contribution in [0.25, 0.3) is 0 Å². The number of hydrazine groups is 1. The lowest BCUT2D eigenvalue weighted by atomic mass is 10.1. The molecular formula is C22H21N3O7. The Bertz CT molecular complexity index is 1100. The van der Waals surface area contributed by atoms with Crippen molar-refractivity contribution < 1.29 is 33.0 Å². The molecule has 0 aliphatic rings. The molecular weight excluding hydrogens is 418 g/mol. The molecule has 10 nitrogen and oxygen atoms in total. The minimum Gasteiger partial charge on any atom is -0.493 e. The van der Waals surface area contributed by atoms with Crippen LogP contribution in [-0.2, 0) is 0 Å². The molecule has 0 spiro atoms. The third-order valence-corrected chi connectivity index (χ3v) is 4.34. The predicted octanol–water partition coefficient (Wildman–Crippen LogP) is 2.63. The summed E-state index contributed by atoms with van der Waals surface area (Å²) in [4.78, 5) is 36.9. The van der Waals surface area contributed by atoms with Crippen molar-refractivity contribution >= 4 is 23.4 Å². The summed E-state index contributed by atoms with van der Waals surface area (Å²) in [5, 5.41) is 2.71. The zero-order valence-electron chi connectivity index (χ0n) is 17.6. The summed E-state index contributed by atoms with van der Waals surface area (Å²) in [7, 11) is 4.37. The number of hydrogen-bond acceptors (Lipinski definition) is 7. The van der Waals surface area contributed by atoms with Crippen molar-refractivity contribution in [3.05, 3.63) is 71.7 Å². The fourth-order valence-corrected chi connectivity index (χ4v) is 2.81. The first-order valence-corrected chi connectivity index (χ1v) is 9.32. The van der Waals surface area contributed by atoms with E-state index in [4.69, 9.17) is 18.6 Å². The van der Waals surface area contributed by atoms with Crippen LogP contribution in [0.5, 0.6) is 17.2 Å². The van der Waals surface area contributed by atoms with E-state index in [-0.39, 0.29) is 16.9 Å². The van der Waals surface area contributed by atoms with Crippen molar-refractivity contribution in [1.82, 2.24) is 10.9 Å². The maximum Gasteiger partial charge on any atom is 0.305 e. The van der Waals surface area contributed by atoms with Gasteiger partial charge in [-0.3, -0.25) is 25.2 Å². The van der Waals surface area contributed by atoms with Crippen LogP contribution in [0.4, 0.5) is 5.69 Å². The number of methoxy groups -OCH3 is 3. The molecule has 166 valence electrons.